The predicted molar refractivity (Wildman–Crippen MR) is 54.0 cm³/mol. The Morgan fingerprint density at radius 3 is 2.60 bits per heavy atom. The highest BCUT2D eigenvalue weighted by Crippen LogP contribution is 2.10. The molecule has 0 bridgehead atoms. The van der Waals surface area contributed by atoms with Crippen molar-refractivity contribution in [2.75, 3.05) is 0 Å². The quantitative estimate of drug-likeness (QED) is 0.684. The predicted octanol–water partition coefficient (Wildman–Crippen LogP) is 1.09. The Kier molecular flexibility index (Phi) is 2.29. The Balaban J connectivity index is 2.63. The van der Waals surface area contributed by atoms with Gasteiger partial charge in [-0.2, -0.15) is 5.10 Å². The van der Waals surface area contributed by atoms with Gasteiger partial charge in [0.1, 0.15) is 5.69 Å². The summed E-state index contributed by atoms with van der Waals surface area (Å²) < 4.78 is 1.62. The van der Waals surface area contributed by atoms with E-state index in [4.69, 9.17) is 0 Å². The summed E-state index contributed by atoms with van der Waals surface area (Å²) in [4.78, 5) is 18.8. The minimum atomic E-state index is 0.295. The van der Waals surface area contributed by atoms with Gasteiger partial charge in [-0.25, -0.2) is 14.6 Å². The molecule has 2 aromatic heterocycles. The van der Waals surface area contributed by atoms with Gasteiger partial charge in [0.2, 0.25) is 0 Å². The van der Waals surface area contributed by atoms with E-state index < -0.39 is 0 Å². The molecule has 0 aliphatic carbocycles. The fraction of sp³-hybridized carbons (Fsp3) is 0.200. The smallest absolute Gasteiger partial charge is 0.183 e. The number of hydrogen-bond donors (Lipinski definition) is 0. The minimum Gasteiger partial charge on any atom is -0.296 e. The van der Waals surface area contributed by atoms with Crippen molar-refractivity contribution in [2.24, 2.45) is 0 Å². The van der Waals surface area contributed by atoms with Crippen molar-refractivity contribution in [3.05, 3.63) is 35.5 Å². The van der Waals surface area contributed by atoms with E-state index in [0.29, 0.717) is 17.8 Å². The summed E-state index contributed by atoms with van der Waals surface area (Å²) in [5, 5.41) is 4.24. The van der Waals surface area contributed by atoms with Crippen LogP contribution in [-0.4, -0.2) is 26.0 Å². The number of rotatable bonds is 2. The minimum absolute atomic E-state index is 0.295. The van der Waals surface area contributed by atoms with Crippen LogP contribution in [0.3, 0.4) is 0 Å². The first-order valence-electron chi connectivity index (χ1n) is 4.52. The van der Waals surface area contributed by atoms with Crippen molar-refractivity contribution in [2.45, 2.75) is 13.8 Å². The third-order valence-corrected chi connectivity index (χ3v) is 2.03. The lowest BCUT2D eigenvalue weighted by molar-refractivity contribution is 0.111. The number of carbonyl (C=O) groups excluding carboxylic acids is 1. The third kappa shape index (κ3) is 1.63. The average Bonchev–Trinajstić information content (AvgIpc) is 2.57. The van der Waals surface area contributed by atoms with Gasteiger partial charge >= 0.3 is 0 Å². The maximum atomic E-state index is 10.8. The van der Waals surface area contributed by atoms with Gasteiger partial charge in [0, 0.05) is 18.1 Å². The molecular formula is C10H10N4O. The monoisotopic (exact) mass is 202 g/mol. The summed E-state index contributed by atoms with van der Waals surface area (Å²) in [6.45, 7) is 3.80. The Morgan fingerprint density at radius 2 is 2.00 bits per heavy atom. The van der Waals surface area contributed by atoms with Crippen LogP contribution in [-0.2, 0) is 0 Å². The molecule has 0 amide bonds. The molecule has 0 aliphatic rings. The second kappa shape index (κ2) is 3.61. The molecule has 15 heavy (non-hydrogen) atoms. The van der Waals surface area contributed by atoms with Crippen LogP contribution in [0.1, 0.15) is 21.9 Å². The zero-order valence-corrected chi connectivity index (χ0v) is 8.51. The molecule has 0 saturated carbocycles. The first kappa shape index (κ1) is 9.51. The Labute approximate surface area is 86.8 Å². The first-order chi connectivity index (χ1) is 7.22. The molecule has 0 N–H and O–H groups in total. The molecule has 2 heterocycles. The molecule has 0 saturated heterocycles. The maximum Gasteiger partial charge on any atom is 0.183 e. The van der Waals surface area contributed by atoms with Crippen LogP contribution < -0.4 is 0 Å². The van der Waals surface area contributed by atoms with Crippen LogP contribution in [0.2, 0.25) is 0 Å². The van der Waals surface area contributed by atoms with Gasteiger partial charge in [0.05, 0.1) is 5.69 Å². The van der Waals surface area contributed by atoms with E-state index >= 15 is 0 Å². The number of nitrogens with zero attached hydrogens (tertiary/aromatic N) is 4. The highest BCUT2D eigenvalue weighted by atomic mass is 16.1. The van der Waals surface area contributed by atoms with Gasteiger partial charge in [0.25, 0.3) is 0 Å². The third-order valence-electron chi connectivity index (χ3n) is 2.03. The van der Waals surface area contributed by atoms with Gasteiger partial charge < -0.3 is 0 Å². The Morgan fingerprint density at radius 1 is 1.27 bits per heavy atom. The fourth-order valence-corrected chi connectivity index (χ4v) is 1.43. The second-order valence-corrected chi connectivity index (χ2v) is 3.22. The number of hydrogen-bond acceptors (Lipinski definition) is 4. The van der Waals surface area contributed by atoms with Crippen LogP contribution in [0.25, 0.3) is 5.82 Å². The van der Waals surface area contributed by atoms with Crippen molar-refractivity contribution < 1.29 is 4.79 Å². The topological polar surface area (TPSA) is 60.7 Å². The van der Waals surface area contributed by atoms with E-state index in [2.05, 4.69) is 15.1 Å². The lowest BCUT2D eigenvalue weighted by Crippen LogP contribution is -2.07. The molecule has 0 aliphatic heterocycles. The number of aryl methyl sites for hydroxylation is 2. The Bertz CT molecular complexity index is 504. The number of carbonyl (C=O) groups is 1. The zero-order chi connectivity index (χ0) is 10.8. The van der Waals surface area contributed by atoms with Crippen LogP contribution in [0.15, 0.2) is 18.5 Å². The van der Waals surface area contributed by atoms with Gasteiger partial charge in [0.15, 0.2) is 12.1 Å². The number of aromatic nitrogens is 4. The summed E-state index contributed by atoms with van der Waals surface area (Å²) in [5.74, 6) is 0.470. The van der Waals surface area contributed by atoms with Crippen molar-refractivity contribution in [1.29, 1.82) is 0 Å². The standard InChI is InChI=1S/C10H10N4O/c1-7-5-8(2)14(13-7)10-9(6-15)11-3-4-12-10/h3-6H,1-2H3. The normalized spacial score (nSPS) is 10.3. The number of aldehydes is 1. The van der Waals surface area contributed by atoms with Gasteiger partial charge in [-0.15, -0.1) is 0 Å². The first-order valence-corrected chi connectivity index (χ1v) is 4.52. The van der Waals surface area contributed by atoms with Crippen molar-refractivity contribution in [3.63, 3.8) is 0 Å². The lowest BCUT2D eigenvalue weighted by Gasteiger charge is -2.03. The SMILES string of the molecule is Cc1cc(C)n(-c2nccnc2C=O)n1. The molecule has 0 fully saturated rings. The van der Waals surface area contributed by atoms with Crippen LogP contribution in [0.5, 0.6) is 0 Å². The molecule has 5 heteroatoms. The van der Waals surface area contributed by atoms with Gasteiger partial charge in [-0.3, -0.25) is 4.79 Å². The maximum absolute atomic E-state index is 10.8. The molecule has 5 nitrogen and oxygen atoms in total. The molecule has 0 atom stereocenters. The van der Waals surface area contributed by atoms with Gasteiger partial charge in [-0.1, -0.05) is 0 Å². The second-order valence-electron chi connectivity index (χ2n) is 3.22. The van der Waals surface area contributed by atoms with Crippen molar-refractivity contribution in [1.82, 2.24) is 19.7 Å². The van der Waals surface area contributed by atoms with E-state index in [-0.39, 0.29) is 0 Å². The molecule has 0 spiro atoms. The molecule has 0 unspecified atom stereocenters. The van der Waals surface area contributed by atoms with Crippen LogP contribution in [0.4, 0.5) is 0 Å². The molecule has 0 aromatic carbocycles. The van der Waals surface area contributed by atoms with Crippen LogP contribution >= 0.6 is 0 Å². The van der Waals surface area contributed by atoms with E-state index in [9.17, 15) is 4.79 Å². The summed E-state index contributed by atoms with van der Waals surface area (Å²) >= 11 is 0. The zero-order valence-electron chi connectivity index (χ0n) is 8.51. The summed E-state index contributed by atoms with van der Waals surface area (Å²) in [6, 6.07) is 1.92. The van der Waals surface area contributed by atoms with Crippen LogP contribution in [0, 0.1) is 13.8 Å². The highest BCUT2D eigenvalue weighted by molar-refractivity contribution is 5.76. The summed E-state index contributed by atoms with van der Waals surface area (Å²) in [7, 11) is 0. The molecule has 2 rings (SSSR count). The highest BCUT2D eigenvalue weighted by Gasteiger charge is 2.09. The molecule has 2 aromatic rings. The summed E-state index contributed by atoms with van der Waals surface area (Å²) in [6.07, 6.45) is 3.70. The van der Waals surface area contributed by atoms with E-state index in [1.807, 2.05) is 19.9 Å². The summed E-state index contributed by atoms with van der Waals surface area (Å²) in [5.41, 5.74) is 2.11. The van der Waals surface area contributed by atoms with Crippen molar-refractivity contribution >= 4 is 6.29 Å². The largest absolute Gasteiger partial charge is 0.296 e. The lowest BCUT2D eigenvalue weighted by atomic mass is 10.4. The Hall–Kier alpha value is -2.04. The molecular weight excluding hydrogens is 192 g/mol. The van der Waals surface area contributed by atoms with E-state index in [0.717, 1.165) is 11.4 Å². The molecule has 76 valence electrons. The average molecular weight is 202 g/mol. The van der Waals surface area contributed by atoms with E-state index in [1.54, 1.807) is 10.9 Å². The van der Waals surface area contributed by atoms with Crippen molar-refractivity contribution in [3.8, 4) is 5.82 Å². The fourth-order valence-electron chi connectivity index (χ4n) is 1.43. The van der Waals surface area contributed by atoms with Gasteiger partial charge in [-0.05, 0) is 19.9 Å². The van der Waals surface area contributed by atoms with E-state index in [1.165, 1.54) is 6.20 Å². The molecule has 0 radical (unpaired) electrons.